The van der Waals surface area contributed by atoms with Gasteiger partial charge in [-0.1, -0.05) is 72.3 Å². The van der Waals surface area contributed by atoms with Gasteiger partial charge in [0, 0.05) is 56.7 Å². The van der Waals surface area contributed by atoms with Gasteiger partial charge in [0.2, 0.25) is 5.60 Å². The minimum atomic E-state index is -5.01. The molecule has 290 valence electrons. The van der Waals surface area contributed by atoms with Gasteiger partial charge >= 0.3 is 12.1 Å². The number of alkyl halides is 3. The highest BCUT2D eigenvalue weighted by Crippen LogP contribution is 2.66. The Morgan fingerprint density at radius 3 is 2.36 bits per heavy atom. The molecule has 4 rings (SSSR count). The molecule has 5 atom stereocenters. The third-order valence-electron chi connectivity index (χ3n) is 10.4. The number of nitrogens with zero attached hydrogens (tertiary/aromatic N) is 4. The number of rotatable bonds is 15. The number of esters is 1. The second-order valence-electron chi connectivity index (χ2n) is 14.7. The fourth-order valence-electron chi connectivity index (χ4n) is 7.47. The number of hydrogen-bond donors (Lipinski definition) is 0. The largest absolute Gasteiger partial charge is 0.473 e. The molecule has 7 nitrogen and oxygen atoms in total. The van der Waals surface area contributed by atoms with Gasteiger partial charge in [-0.05, 0) is 80.9 Å². The number of halogens is 3. The number of carbonyl (C=O) groups excluding carboxylic acids is 1. The van der Waals surface area contributed by atoms with Gasteiger partial charge < -0.3 is 14.4 Å². The van der Waals surface area contributed by atoms with Crippen LogP contribution in [0.5, 0.6) is 5.75 Å². The van der Waals surface area contributed by atoms with E-state index >= 15 is 13.2 Å². The minimum absolute atomic E-state index is 0.137. The summed E-state index contributed by atoms with van der Waals surface area (Å²) >= 11 is 1.39. The standard InChI is InChI=1S/C44H49F3N4O3S/c1-8-10-21-51(22-11-9-2)35-17-15-32(38(24-35)53-41(52)29(3)4)16-18-36-19-20-39(55-36)31(6)25-42(7)37(28-50)40(33(26-48)27-49)54-43(42,44(45,46)47)34-14-12-13-30(5)23-34/h12,14-20,23-24,30-31,37H,3,8-11,13,21-22,25H2,1-2,4-7H3/b18-16+. The summed E-state index contributed by atoms with van der Waals surface area (Å²) in [4.78, 5) is 16.6. The molecule has 0 N–H and O–H groups in total. The number of hydrogen-bond acceptors (Lipinski definition) is 8. The predicted octanol–water partition coefficient (Wildman–Crippen LogP) is 11.6. The maximum Gasteiger partial charge on any atom is 0.433 e. The third-order valence-corrected chi connectivity index (χ3v) is 11.7. The number of thiophene rings is 1. The highest BCUT2D eigenvalue weighted by molar-refractivity contribution is 7.13. The molecular weight excluding hydrogens is 722 g/mol. The number of carbonyl (C=O) groups is 1. The van der Waals surface area contributed by atoms with E-state index < -0.39 is 46.3 Å². The Bertz CT molecular complexity index is 1980. The average Bonchev–Trinajstić information content (AvgIpc) is 3.72. The summed E-state index contributed by atoms with van der Waals surface area (Å²) in [5.41, 5.74) is -3.80. The lowest BCUT2D eigenvalue weighted by Crippen LogP contribution is -2.58. The topological polar surface area (TPSA) is 110 Å². The molecule has 2 aromatic rings. The molecule has 0 spiro atoms. The van der Waals surface area contributed by atoms with E-state index in [9.17, 15) is 20.6 Å². The molecule has 5 unspecified atom stereocenters. The van der Waals surface area contributed by atoms with E-state index in [0.29, 0.717) is 17.7 Å². The van der Waals surface area contributed by atoms with Gasteiger partial charge in [-0.2, -0.15) is 29.0 Å². The molecule has 1 aromatic carbocycles. The number of benzene rings is 1. The van der Waals surface area contributed by atoms with Crippen molar-refractivity contribution in [2.45, 2.75) is 97.8 Å². The van der Waals surface area contributed by atoms with Crippen LogP contribution in [-0.2, 0) is 9.53 Å². The normalized spacial score (nSPS) is 22.6. The molecule has 1 saturated heterocycles. The first-order chi connectivity index (χ1) is 26.1. The lowest BCUT2D eigenvalue weighted by molar-refractivity contribution is -0.269. The van der Waals surface area contributed by atoms with Gasteiger partial charge in [0.05, 0.1) is 6.07 Å². The van der Waals surface area contributed by atoms with E-state index in [1.54, 1.807) is 32.1 Å². The van der Waals surface area contributed by atoms with Gasteiger partial charge in [0.1, 0.15) is 29.6 Å². The number of nitriles is 3. The molecule has 0 bridgehead atoms. The molecule has 1 fully saturated rings. The number of allylic oxidation sites excluding steroid dienone is 4. The summed E-state index contributed by atoms with van der Waals surface area (Å²) in [6.45, 7) is 16.4. The molecule has 55 heavy (non-hydrogen) atoms. The van der Waals surface area contributed by atoms with Crippen LogP contribution in [0.2, 0.25) is 0 Å². The fourth-order valence-corrected chi connectivity index (χ4v) is 8.43. The molecule has 2 heterocycles. The number of anilines is 1. The summed E-state index contributed by atoms with van der Waals surface area (Å²) < 4.78 is 58.7. The van der Waals surface area contributed by atoms with Crippen molar-refractivity contribution in [3.05, 3.63) is 92.9 Å². The Labute approximate surface area is 327 Å². The Morgan fingerprint density at radius 2 is 1.80 bits per heavy atom. The van der Waals surface area contributed by atoms with Crippen LogP contribution in [0.4, 0.5) is 18.9 Å². The Balaban J connectivity index is 1.73. The number of unbranched alkanes of at least 4 members (excludes halogenated alkanes) is 2. The summed E-state index contributed by atoms with van der Waals surface area (Å²) in [6.07, 6.45) is 7.82. The van der Waals surface area contributed by atoms with E-state index in [2.05, 4.69) is 25.3 Å². The second-order valence-corrected chi connectivity index (χ2v) is 15.9. The van der Waals surface area contributed by atoms with Crippen molar-refractivity contribution in [3.8, 4) is 24.0 Å². The van der Waals surface area contributed by atoms with Crippen LogP contribution < -0.4 is 9.64 Å². The molecule has 1 aliphatic heterocycles. The molecule has 0 amide bonds. The van der Waals surface area contributed by atoms with E-state index in [4.69, 9.17) is 9.47 Å². The summed E-state index contributed by atoms with van der Waals surface area (Å²) in [6, 6.07) is 14.8. The number of ether oxygens (including phenoxy) is 2. The zero-order valence-electron chi connectivity index (χ0n) is 32.4. The fraction of sp³-hybridized carbons (Fsp3) is 0.455. The lowest BCUT2D eigenvalue weighted by atomic mass is 9.59. The van der Waals surface area contributed by atoms with Crippen molar-refractivity contribution in [2.75, 3.05) is 18.0 Å². The Morgan fingerprint density at radius 1 is 1.13 bits per heavy atom. The zero-order valence-corrected chi connectivity index (χ0v) is 33.2. The van der Waals surface area contributed by atoms with Gasteiger partial charge in [0.15, 0.2) is 5.57 Å². The maximum atomic E-state index is 15.7. The van der Waals surface area contributed by atoms with Crippen LogP contribution in [0.25, 0.3) is 12.2 Å². The van der Waals surface area contributed by atoms with Crippen LogP contribution >= 0.6 is 11.3 Å². The molecule has 11 heteroatoms. The van der Waals surface area contributed by atoms with Gasteiger partial charge in [-0.3, -0.25) is 0 Å². The predicted molar refractivity (Wildman–Crippen MR) is 212 cm³/mol. The van der Waals surface area contributed by atoms with E-state index in [1.807, 2.05) is 55.5 Å². The van der Waals surface area contributed by atoms with Crippen molar-refractivity contribution < 1.29 is 27.4 Å². The molecule has 0 radical (unpaired) electrons. The van der Waals surface area contributed by atoms with Crippen LogP contribution in [0.3, 0.4) is 0 Å². The minimum Gasteiger partial charge on any atom is -0.473 e. The van der Waals surface area contributed by atoms with Gasteiger partial charge in [0.25, 0.3) is 0 Å². The quantitative estimate of drug-likeness (QED) is 0.0767. The zero-order chi connectivity index (χ0) is 40.6. The highest BCUT2D eigenvalue weighted by atomic mass is 32.1. The molecule has 2 aliphatic rings. The smallest absolute Gasteiger partial charge is 0.433 e. The Kier molecular flexibility index (Phi) is 14.0. The van der Waals surface area contributed by atoms with Crippen LogP contribution in [-0.4, -0.2) is 30.8 Å². The summed E-state index contributed by atoms with van der Waals surface area (Å²) in [7, 11) is 0. The van der Waals surface area contributed by atoms with Gasteiger partial charge in [-0.15, -0.1) is 11.3 Å². The highest BCUT2D eigenvalue weighted by Gasteiger charge is 2.76. The van der Waals surface area contributed by atoms with E-state index in [-0.39, 0.29) is 23.5 Å². The average molecular weight is 771 g/mol. The van der Waals surface area contributed by atoms with Crippen LogP contribution in [0.1, 0.15) is 101 Å². The molecule has 1 aliphatic carbocycles. The Hall–Kier alpha value is -5.05. The van der Waals surface area contributed by atoms with Crippen molar-refractivity contribution in [3.63, 3.8) is 0 Å². The van der Waals surface area contributed by atoms with Crippen LogP contribution in [0.15, 0.2) is 77.6 Å². The first kappa shape index (κ1) is 42.7. The molecular formula is C44H49F3N4O3S. The third kappa shape index (κ3) is 8.93. The van der Waals surface area contributed by atoms with Gasteiger partial charge in [-0.25, -0.2) is 4.79 Å². The monoisotopic (exact) mass is 770 g/mol. The van der Waals surface area contributed by atoms with Crippen LogP contribution in [0, 0.1) is 51.2 Å². The van der Waals surface area contributed by atoms with Crippen molar-refractivity contribution >= 4 is 35.1 Å². The first-order valence-corrected chi connectivity index (χ1v) is 19.5. The van der Waals surface area contributed by atoms with E-state index in [0.717, 1.165) is 54.2 Å². The second kappa shape index (κ2) is 18.1. The molecule has 1 aromatic heterocycles. The lowest BCUT2D eigenvalue weighted by Gasteiger charge is -2.46. The maximum absolute atomic E-state index is 15.7. The van der Waals surface area contributed by atoms with Crippen molar-refractivity contribution in [2.24, 2.45) is 17.3 Å². The summed E-state index contributed by atoms with van der Waals surface area (Å²) in [5, 5.41) is 29.8. The van der Waals surface area contributed by atoms with Crippen molar-refractivity contribution in [1.82, 2.24) is 0 Å². The van der Waals surface area contributed by atoms with E-state index in [1.165, 1.54) is 30.4 Å². The SMILES string of the molecule is C=C(C)C(=O)Oc1cc(N(CCCC)CCCC)ccc1/C=C/c1ccc(C(C)CC2(C)C(C#N)C(=C(C#N)C#N)OC2(C2=CC(C)CC=C2)C(F)(F)F)s1. The van der Waals surface area contributed by atoms with Crippen molar-refractivity contribution in [1.29, 1.82) is 15.8 Å². The summed E-state index contributed by atoms with van der Waals surface area (Å²) in [5.74, 6) is -2.93. The first-order valence-electron chi connectivity index (χ1n) is 18.7. The molecule has 0 saturated carbocycles.